The van der Waals surface area contributed by atoms with E-state index in [0.29, 0.717) is 11.1 Å². The Bertz CT molecular complexity index is 1820. The second-order valence-electron chi connectivity index (χ2n) is 8.52. The first-order valence-electron chi connectivity index (χ1n) is 11.5. The molecule has 38 heavy (non-hydrogen) atoms. The number of benzene rings is 3. The predicted molar refractivity (Wildman–Crippen MR) is 138 cm³/mol. The standard InChI is InChI=1S/C28H20F2N4O4/c29-21-7-3-1-5-19(21)15-33-26-24(27(37)34(28(33)38)16-20-6-2-4-8-22(20)30)31-25(32-26)18-12-9-17(10-13-18)11-14-23(35)36/h1-14H,15-16H2,(H,31,32)(H,35,36)/b14-11+. The Balaban J connectivity index is 1.67. The summed E-state index contributed by atoms with van der Waals surface area (Å²) in [5.74, 6) is -1.90. The van der Waals surface area contributed by atoms with E-state index < -0.39 is 28.9 Å². The molecule has 0 bridgehead atoms. The first kappa shape index (κ1) is 24.6. The van der Waals surface area contributed by atoms with Crippen molar-refractivity contribution in [1.82, 2.24) is 19.1 Å². The van der Waals surface area contributed by atoms with Gasteiger partial charge in [-0.2, -0.15) is 0 Å². The van der Waals surface area contributed by atoms with E-state index in [1.165, 1.54) is 47.0 Å². The van der Waals surface area contributed by atoms with Gasteiger partial charge in [-0.05, 0) is 23.8 Å². The van der Waals surface area contributed by atoms with E-state index in [9.17, 15) is 23.2 Å². The van der Waals surface area contributed by atoms with Gasteiger partial charge < -0.3 is 10.1 Å². The fourth-order valence-corrected chi connectivity index (χ4v) is 4.10. The van der Waals surface area contributed by atoms with Gasteiger partial charge in [0.05, 0.1) is 13.1 Å². The summed E-state index contributed by atoms with van der Waals surface area (Å²) in [7, 11) is 0. The lowest BCUT2D eigenvalue weighted by Gasteiger charge is -2.12. The van der Waals surface area contributed by atoms with Gasteiger partial charge in [-0.15, -0.1) is 0 Å². The highest BCUT2D eigenvalue weighted by atomic mass is 19.1. The fraction of sp³-hybridized carbons (Fsp3) is 0.0714. The number of aromatic nitrogens is 4. The molecule has 0 atom stereocenters. The van der Waals surface area contributed by atoms with Crippen molar-refractivity contribution < 1.29 is 18.7 Å². The van der Waals surface area contributed by atoms with Gasteiger partial charge in [-0.1, -0.05) is 60.7 Å². The van der Waals surface area contributed by atoms with Gasteiger partial charge in [-0.25, -0.2) is 23.4 Å². The Morgan fingerprint density at radius 3 is 2.03 bits per heavy atom. The minimum atomic E-state index is -1.08. The van der Waals surface area contributed by atoms with Gasteiger partial charge in [0.25, 0.3) is 5.56 Å². The molecule has 0 aliphatic rings. The Morgan fingerprint density at radius 2 is 1.45 bits per heavy atom. The van der Waals surface area contributed by atoms with Gasteiger partial charge in [0.2, 0.25) is 0 Å². The van der Waals surface area contributed by atoms with Gasteiger partial charge in [0, 0.05) is 22.8 Å². The molecule has 5 rings (SSSR count). The number of nitrogens with one attached hydrogen (secondary N) is 1. The SMILES string of the molecule is O=C(O)/C=C/c1ccc(-c2nc3c(=O)n(Cc4ccccc4F)c(=O)n(Cc4ccccc4F)c3[nH]2)cc1. The Morgan fingerprint density at radius 1 is 0.868 bits per heavy atom. The summed E-state index contributed by atoms with van der Waals surface area (Å²) >= 11 is 0. The van der Waals surface area contributed by atoms with Crippen LogP contribution in [0, 0.1) is 11.6 Å². The quantitative estimate of drug-likeness (QED) is 0.319. The van der Waals surface area contributed by atoms with Crippen LogP contribution >= 0.6 is 0 Å². The number of aromatic amines is 1. The minimum absolute atomic E-state index is 0.0675. The third-order valence-corrected chi connectivity index (χ3v) is 6.04. The Kier molecular flexibility index (Phi) is 6.53. The number of hydrogen-bond donors (Lipinski definition) is 2. The van der Waals surface area contributed by atoms with E-state index in [1.807, 2.05) is 0 Å². The van der Waals surface area contributed by atoms with Gasteiger partial charge in [0.15, 0.2) is 5.52 Å². The van der Waals surface area contributed by atoms with Crippen LogP contribution in [-0.4, -0.2) is 30.2 Å². The molecule has 8 nitrogen and oxygen atoms in total. The maximum atomic E-state index is 14.5. The molecule has 0 saturated heterocycles. The molecule has 0 amide bonds. The Labute approximate surface area is 213 Å². The molecule has 0 unspecified atom stereocenters. The van der Waals surface area contributed by atoms with E-state index in [2.05, 4.69) is 9.97 Å². The molecular weight excluding hydrogens is 494 g/mol. The highest BCUT2D eigenvalue weighted by Gasteiger charge is 2.20. The topological polar surface area (TPSA) is 110 Å². The third-order valence-electron chi connectivity index (χ3n) is 6.04. The van der Waals surface area contributed by atoms with Crippen LogP contribution in [0.15, 0.2) is 88.5 Å². The number of halogens is 2. The average Bonchev–Trinajstić information content (AvgIpc) is 3.36. The van der Waals surface area contributed by atoms with Crippen molar-refractivity contribution in [1.29, 1.82) is 0 Å². The molecule has 0 saturated carbocycles. The maximum Gasteiger partial charge on any atom is 0.333 e. The van der Waals surface area contributed by atoms with Crippen LogP contribution in [-0.2, 0) is 17.9 Å². The maximum absolute atomic E-state index is 14.5. The first-order valence-corrected chi connectivity index (χ1v) is 11.5. The average molecular weight is 514 g/mol. The van der Waals surface area contributed by atoms with Crippen molar-refractivity contribution >= 4 is 23.2 Å². The zero-order valence-electron chi connectivity index (χ0n) is 19.8. The highest BCUT2D eigenvalue weighted by Crippen LogP contribution is 2.21. The molecule has 2 N–H and O–H groups in total. The van der Waals surface area contributed by atoms with Gasteiger partial charge >= 0.3 is 11.7 Å². The molecule has 0 radical (unpaired) electrons. The summed E-state index contributed by atoms with van der Waals surface area (Å²) in [4.78, 5) is 45.1. The van der Waals surface area contributed by atoms with E-state index in [-0.39, 0.29) is 41.2 Å². The van der Waals surface area contributed by atoms with Crippen LogP contribution in [0.4, 0.5) is 8.78 Å². The monoisotopic (exact) mass is 514 g/mol. The minimum Gasteiger partial charge on any atom is -0.478 e. The molecule has 0 aliphatic carbocycles. The first-order chi connectivity index (χ1) is 18.3. The summed E-state index contributed by atoms with van der Waals surface area (Å²) in [6.45, 7) is -0.523. The number of hydrogen-bond acceptors (Lipinski definition) is 4. The molecule has 0 spiro atoms. The van der Waals surface area contributed by atoms with Crippen LogP contribution in [0.5, 0.6) is 0 Å². The Hall–Kier alpha value is -5.12. The van der Waals surface area contributed by atoms with Crippen LogP contribution in [0.3, 0.4) is 0 Å². The fourth-order valence-electron chi connectivity index (χ4n) is 4.10. The second-order valence-corrected chi connectivity index (χ2v) is 8.52. The largest absolute Gasteiger partial charge is 0.478 e. The van der Waals surface area contributed by atoms with Crippen molar-refractivity contribution in [3.05, 3.63) is 128 Å². The van der Waals surface area contributed by atoms with Crippen molar-refractivity contribution in [3.63, 3.8) is 0 Å². The molecule has 10 heteroatoms. The van der Waals surface area contributed by atoms with Crippen molar-refractivity contribution in [3.8, 4) is 11.4 Å². The molecule has 2 aromatic heterocycles. The highest BCUT2D eigenvalue weighted by molar-refractivity contribution is 5.85. The normalized spacial score (nSPS) is 11.4. The summed E-state index contributed by atoms with van der Waals surface area (Å²) in [6, 6.07) is 18.5. The van der Waals surface area contributed by atoms with Gasteiger partial charge in [0.1, 0.15) is 23.1 Å². The molecule has 0 aliphatic heterocycles. The number of H-pyrrole nitrogens is 1. The van der Waals surface area contributed by atoms with E-state index in [1.54, 1.807) is 36.4 Å². The third kappa shape index (κ3) is 4.79. The number of imidazole rings is 1. The second kappa shape index (κ2) is 10.1. The summed E-state index contributed by atoms with van der Waals surface area (Å²) in [5.41, 5.74) is 0.122. The number of aliphatic carboxylic acids is 1. The lowest BCUT2D eigenvalue weighted by atomic mass is 10.1. The molecule has 0 fully saturated rings. The number of carbonyl (C=O) groups is 1. The number of nitrogens with zero attached hydrogens (tertiary/aromatic N) is 3. The van der Waals surface area contributed by atoms with Crippen LogP contribution in [0.1, 0.15) is 16.7 Å². The zero-order valence-corrected chi connectivity index (χ0v) is 19.8. The lowest BCUT2D eigenvalue weighted by Crippen LogP contribution is -2.40. The van der Waals surface area contributed by atoms with Gasteiger partial charge in [-0.3, -0.25) is 13.9 Å². The van der Waals surface area contributed by atoms with Crippen LogP contribution in [0.25, 0.3) is 28.6 Å². The van der Waals surface area contributed by atoms with E-state index in [0.717, 1.165) is 10.6 Å². The van der Waals surface area contributed by atoms with Crippen LogP contribution < -0.4 is 11.2 Å². The van der Waals surface area contributed by atoms with Crippen LogP contribution in [0.2, 0.25) is 0 Å². The summed E-state index contributed by atoms with van der Waals surface area (Å²) in [6.07, 6.45) is 2.44. The van der Waals surface area contributed by atoms with E-state index in [4.69, 9.17) is 5.11 Å². The summed E-state index contributed by atoms with van der Waals surface area (Å²) < 4.78 is 31.0. The molecule has 2 heterocycles. The molecule has 5 aromatic rings. The number of rotatable bonds is 7. The number of carboxylic acid groups (broad SMARTS) is 1. The lowest BCUT2D eigenvalue weighted by molar-refractivity contribution is -0.131. The predicted octanol–water partition coefficient (Wildman–Crippen LogP) is 4.03. The molecular formula is C28H20F2N4O4. The van der Waals surface area contributed by atoms with Crippen molar-refractivity contribution in [2.75, 3.05) is 0 Å². The number of carboxylic acids is 1. The van der Waals surface area contributed by atoms with E-state index >= 15 is 0 Å². The van der Waals surface area contributed by atoms with Crippen molar-refractivity contribution in [2.24, 2.45) is 0 Å². The smallest absolute Gasteiger partial charge is 0.333 e. The summed E-state index contributed by atoms with van der Waals surface area (Å²) in [5, 5.41) is 8.81. The number of fused-ring (bicyclic) bond motifs is 1. The zero-order chi connectivity index (χ0) is 26.8. The van der Waals surface area contributed by atoms with Crippen molar-refractivity contribution in [2.45, 2.75) is 13.1 Å². The molecule has 3 aromatic carbocycles. The molecule has 190 valence electrons.